The number of amides is 1. The summed E-state index contributed by atoms with van der Waals surface area (Å²) in [6.45, 7) is 0.837. The summed E-state index contributed by atoms with van der Waals surface area (Å²) in [5.74, 6) is -0.378. The van der Waals surface area contributed by atoms with Crippen molar-refractivity contribution in [3.63, 3.8) is 0 Å². The molecule has 0 bridgehead atoms. The molecule has 0 atom stereocenters. The molecular weight excluding hydrogens is 311 g/mol. The van der Waals surface area contributed by atoms with Gasteiger partial charge in [-0.3, -0.25) is 4.79 Å². The van der Waals surface area contributed by atoms with Gasteiger partial charge in [0.15, 0.2) is 10.3 Å². The third kappa shape index (κ3) is 4.39. The van der Waals surface area contributed by atoms with Gasteiger partial charge in [0.25, 0.3) is 5.91 Å². The first kappa shape index (κ1) is 15.7. The lowest BCUT2D eigenvalue weighted by atomic mass is 10.2. The molecular formula is C14H14Cl2N4O. The maximum absolute atomic E-state index is 12.1. The van der Waals surface area contributed by atoms with Gasteiger partial charge in [0, 0.05) is 12.2 Å². The maximum atomic E-state index is 12.1. The van der Waals surface area contributed by atoms with Crippen LogP contribution in [0.1, 0.15) is 15.9 Å². The van der Waals surface area contributed by atoms with E-state index in [2.05, 4.69) is 20.4 Å². The Kier molecular flexibility index (Phi) is 5.12. The minimum Gasteiger partial charge on any atom is -0.322 e. The quantitative estimate of drug-likeness (QED) is 0.938. The van der Waals surface area contributed by atoms with Crippen LogP contribution in [0.5, 0.6) is 0 Å². The Hall–Kier alpha value is -1.69. The average molecular weight is 325 g/mol. The van der Waals surface area contributed by atoms with Crippen molar-refractivity contribution in [3.05, 3.63) is 51.8 Å². The van der Waals surface area contributed by atoms with Crippen LogP contribution < -0.4 is 5.32 Å². The topological polar surface area (TPSA) is 58.1 Å². The van der Waals surface area contributed by atoms with Crippen LogP contribution in [0.2, 0.25) is 10.3 Å². The molecule has 21 heavy (non-hydrogen) atoms. The van der Waals surface area contributed by atoms with E-state index >= 15 is 0 Å². The van der Waals surface area contributed by atoms with Crippen LogP contribution in [-0.4, -0.2) is 35.1 Å². The van der Waals surface area contributed by atoms with E-state index in [0.29, 0.717) is 5.69 Å². The largest absolute Gasteiger partial charge is 0.322 e. The van der Waals surface area contributed by atoms with Crippen LogP contribution in [-0.2, 0) is 6.54 Å². The number of rotatable bonds is 4. The standard InChI is InChI=1S/C14H14Cl2N4O/c1-20(2)8-9-3-5-10(6-4-9)17-14(21)11-7-12(15)18-19-13(11)16/h3-7H,8H2,1-2H3,(H,17,21). The Morgan fingerprint density at radius 1 is 1.19 bits per heavy atom. The number of hydrogen-bond donors (Lipinski definition) is 1. The van der Waals surface area contributed by atoms with Crippen LogP contribution in [0.15, 0.2) is 30.3 Å². The summed E-state index contributed by atoms with van der Waals surface area (Å²) in [6, 6.07) is 8.96. The smallest absolute Gasteiger partial charge is 0.258 e. The third-order valence-electron chi connectivity index (χ3n) is 2.67. The molecule has 1 N–H and O–H groups in total. The van der Waals surface area contributed by atoms with Crippen molar-refractivity contribution in [2.24, 2.45) is 0 Å². The predicted molar refractivity (Wildman–Crippen MR) is 83.8 cm³/mol. The molecule has 1 amide bonds. The number of benzene rings is 1. The molecule has 0 unspecified atom stereocenters. The summed E-state index contributed by atoms with van der Waals surface area (Å²) in [5.41, 5.74) is 2.02. The third-order valence-corrected chi connectivity index (χ3v) is 3.14. The first-order valence-corrected chi connectivity index (χ1v) is 6.95. The minimum atomic E-state index is -0.378. The van der Waals surface area contributed by atoms with Gasteiger partial charge in [-0.25, -0.2) is 0 Å². The maximum Gasteiger partial charge on any atom is 0.258 e. The van der Waals surface area contributed by atoms with Crippen molar-refractivity contribution in [1.29, 1.82) is 0 Å². The highest BCUT2D eigenvalue weighted by Crippen LogP contribution is 2.18. The first-order valence-electron chi connectivity index (χ1n) is 6.19. The summed E-state index contributed by atoms with van der Waals surface area (Å²) < 4.78 is 0. The number of aromatic nitrogens is 2. The normalized spacial score (nSPS) is 10.7. The van der Waals surface area contributed by atoms with Crippen molar-refractivity contribution >= 4 is 34.8 Å². The van der Waals surface area contributed by atoms with Gasteiger partial charge < -0.3 is 10.2 Å². The molecule has 0 spiro atoms. The van der Waals surface area contributed by atoms with E-state index < -0.39 is 0 Å². The summed E-state index contributed by atoms with van der Waals surface area (Å²) in [6.07, 6.45) is 0. The highest BCUT2D eigenvalue weighted by molar-refractivity contribution is 6.34. The lowest BCUT2D eigenvalue weighted by Gasteiger charge is -2.11. The highest BCUT2D eigenvalue weighted by Gasteiger charge is 2.13. The Labute approximate surface area is 132 Å². The second-order valence-corrected chi connectivity index (χ2v) is 5.51. The van der Waals surface area contributed by atoms with Crippen LogP contribution in [0, 0.1) is 0 Å². The Bertz CT molecular complexity index is 644. The summed E-state index contributed by atoms with van der Waals surface area (Å²) >= 11 is 11.6. The van der Waals surface area contributed by atoms with E-state index in [-0.39, 0.29) is 21.8 Å². The summed E-state index contributed by atoms with van der Waals surface area (Å²) in [4.78, 5) is 14.2. The zero-order valence-electron chi connectivity index (χ0n) is 11.6. The second-order valence-electron chi connectivity index (χ2n) is 4.76. The SMILES string of the molecule is CN(C)Cc1ccc(NC(=O)c2cc(Cl)nnc2Cl)cc1. The zero-order valence-corrected chi connectivity index (χ0v) is 13.1. The van der Waals surface area contributed by atoms with Gasteiger partial charge in [0.2, 0.25) is 0 Å². The van der Waals surface area contributed by atoms with Crippen LogP contribution in [0.25, 0.3) is 0 Å². The number of carbonyl (C=O) groups is 1. The lowest BCUT2D eigenvalue weighted by molar-refractivity contribution is 0.102. The van der Waals surface area contributed by atoms with E-state index in [9.17, 15) is 4.79 Å². The van der Waals surface area contributed by atoms with Gasteiger partial charge in [0.1, 0.15) is 0 Å². The van der Waals surface area contributed by atoms with E-state index in [1.807, 2.05) is 38.4 Å². The molecule has 2 rings (SSSR count). The molecule has 7 heteroatoms. The monoisotopic (exact) mass is 324 g/mol. The van der Waals surface area contributed by atoms with Gasteiger partial charge in [-0.1, -0.05) is 35.3 Å². The van der Waals surface area contributed by atoms with Crippen molar-refractivity contribution in [3.8, 4) is 0 Å². The molecule has 0 fully saturated rings. The number of hydrogen-bond acceptors (Lipinski definition) is 4. The van der Waals surface area contributed by atoms with Crippen LogP contribution >= 0.6 is 23.2 Å². The number of nitrogens with one attached hydrogen (secondary N) is 1. The van der Waals surface area contributed by atoms with Crippen molar-refractivity contribution in [2.75, 3.05) is 19.4 Å². The fraction of sp³-hybridized carbons (Fsp3) is 0.214. The van der Waals surface area contributed by atoms with Crippen molar-refractivity contribution in [2.45, 2.75) is 6.54 Å². The van der Waals surface area contributed by atoms with E-state index in [4.69, 9.17) is 23.2 Å². The Balaban J connectivity index is 2.10. The highest BCUT2D eigenvalue weighted by atomic mass is 35.5. The fourth-order valence-electron chi connectivity index (χ4n) is 1.77. The molecule has 1 aromatic carbocycles. The molecule has 0 radical (unpaired) electrons. The summed E-state index contributed by atoms with van der Waals surface area (Å²) in [5, 5.41) is 10.0. The number of nitrogens with zero attached hydrogens (tertiary/aromatic N) is 3. The second kappa shape index (κ2) is 6.85. The van der Waals surface area contributed by atoms with E-state index in [0.717, 1.165) is 12.1 Å². The van der Waals surface area contributed by atoms with Gasteiger partial charge >= 0.3 is 0 Å². The van der Waals surface area contributed by atoms with Gasteiger partial charge in [0.05, 0.1) is 5.56 Å². The number of halogens is 2. The molecule has 110 valence electrons. The Morgan fingerprint density at radius 2 is 1.86 bits per heavy atom. The van der Waals surface area contributed by atoms with E-state index in [1.54, 1.807) is 0 Å². The Morgan fingerprint density at radius 3 is 2.48 bits per heavy atom. The molecule has 5 nitrogen and oxygen atoms in total. The molecule has 0 aliphatic rings. The van der Waals surface area contributed by atoms with Crippen molar-refractivity contribution in [1.82, 2.24) is 15.1 Å². The molecule has 0 aliphatic heterocycles. The lowest BCUT2D eigenvalue weighted by Crippen LogP contribution is -2.14. The van der Waals surface area contributed by atoms with Gasteiger partial charge in [-0.2, -0.15) is 0 Å². The molecule has 1 aromatic heterocycles. The molecule has 0 saturated heterocycles. The molecule has 1 heterocycles. The fourth-order valence-corrected chi connectivity index (χ4v) is 2.09. The molecule has 2 aromatic rings. The van der Waals surface area contributed by atoms with Crippen LogP contribution in [0.4, 0.5) is 5.69 Å². The van der Waals surface area contributed by atoms with Crippen LogP contribution in [0.3, 0.4) is 0 Å². The minimum absolute atomic E-state index is 0.0149. The average Bonchev–Trinajstić information content (AvgIpc) is 2.43. The summed E-state index contributed by atoms with van der Waals surface area (Å²) in [7, 11) is 4.00. The molecule has 0 aliphatic carbocycles. The van der Waals surface area contributed by atoms with Crippen molar-refractivity contribution < 1.29 is 4.79 Å². The number of anilines is 1. The zero-order chi connectivity index (χ0) is 15.4. The van der Waals surface area contributed by atoms with E-state index in [1.165, 1.54) is 6.07 Å². The number of carbonyl (C=O) groups excluding carboxylic acids is 1. The van der Waals surface area contributed by atoms with Gasteiger partial charge in [-0.15, -0.1) is 10.2 Å². The molecule has 0 saturated carbocycles. The first-order chi connectivity index (χ1) is 9.95. The van der Waals surface area contributed by atoms with Gasteiger partial charge in [-0.05, 0) is 37.9 Å². The predicted octanol–water partition coefficient (Wildman–Crippen LogP) is 3.10.